The second kappa shape index (κ2) is 13.5. The number of para-hydroxylation sites is 1. The highest BCUT2D eigenvalue weighted by molar-refractivity contribution is 5.91. The van der Waals surface area contributed by atoms with Crippen LogP contribution in [0, 0.1) is 0 Å². The molecule has 0 aromatic heterocycles. The Morgan fingerprint density at radius 1 is 0.977 bits per heavy atom. The summed E-state index contributed by atoms with van der Waals surface area (Å²) >= 11 is 0. The van der Waals surface area contributed by atoms with Crippen LogP contribution >= 0.6 is 0 Å². The van der Waals surface area contributed by atoms with Gasteiger partial charge in [0.05, 0.1) is 19.6 Å². The highest BCUT2D eigenvalue weighted by atomic mass is 16.3. The number of hydrogen-bond acceptors (Lipinski definition) is 7. The zero-order valence-corrected chi connectivity index (χ0v) is 25.9. The molecule has 3 aromatic carbocycles. The summed E-state index contributed by atoms with van der Waals surface area (Å²) in [5.74, 6) is -0.326. The Labute approximate surface area is 259 Å². The van der Waals surface area contributed by atoms with E-state index < -0.39 is 12.2 Å². The van der Waals surface area contributed by atoms with Crippen LogP contribution in [0.4, 0.5) is 5.69 Å². The van der Waals surface area contributed by atoms with Crippen LogP contribution < -0.4 is 10.2 Å². The quantitative estimate of drug-likeness (QED) is 0.370. The molecular weight excluding hydrogens is 556 g/mol. The summed E-state index contributed by atoms with van der Waals surface area (Å²) in [6, 6.07) is 24.0. The number of benzene rings is 3. The lowest BCUT2D eigenvalue weighted by atomic mass is 9.98. The Hall–Kier alpha value is -4.41. The van der Waals surface area contributed by atoms with Crippen molar-refractivity contribution in [2.24, 2.45) is 0 Å². The molecule has 3 amide bonds. The SMILES string of the molecule is CC(C)N(C)c1ccccc1CN1CC2N(C(=O)CN(C)N2CC(=O)NCc2ccccc2)[C@@H](Cc2ccc(O)cc2)C1=O. The number of carbonyl (C=O) groups is 3. The first-order valence-electron chi connectivity index (χ1n) is 15.1. The maximum absolute atomic E-state index is 14.2. The largest absolute Gasteiger partial charge is 0.508 e. The number of phenolic OH excluding ortho intramolecular Hbond substituents is 1. The number of phenols is 1. The molecule has 5 rings (SSSR count). The first kappa shape index (κ1) is 31.0. The number of amides is 3. The van der Waals surface area contributed by atoms with Crippen LogP contribution in [0.25, 0.3) is 0 Å². The number of hydrazine groups is 1. The fourth-order valence-corrected chi connectivity index (χ4v) is 5.97. The van der Waals surface area contributed by atoms with Crippen molar-refractivity contribution in [2.75, 3.05) is 38.6 Å². The maximum atomic E-state index is 14.2. The van der Waals surface area contributed by atoms with Crippen molar-refractivity contribution in [3.63, 3.8) is 0 Å². The zero-order chi connectivity index (χ0) is 31.4. The predicted molar refractivity (Wildman–Crippen MR) is 169 cm³/mol. The summed E-state index contributed by atoms with van der Waals surface area (Å²) in [7, 11) is 3.85. The van der Waals surface area contributed by atoms with Gasteiger partial charge in [-0.05, 0) is 48.7 Å². The van der Waals surface area contributed by atoms with E-state index in [-0.39, 0.29) is 49.1 Å². The van der Waals surface area contributed by atoms with Gasteiger partial charge in [0.15, 0.2) is 0 Å². The predicted octanol–water partition coefficient (Wildman–Crippen LogP) is 2.82. The number of piperazine rings is 1. The molecule has 2 aliphatic rings. The molecule has 10 nitrogen and oxygen atoms in total. The zero-order valence-electron chi connectivity index (χ0n) is 25.9. The average Bonchev–Trinajstić information content (AvgIpc) is 3.01. The molecular formula is C34H42N6O4. The highest BCUT2D eigenvalue weighted by Gasteiger charge is 2.49. The van der Waals surface area contributed by atoms with Gasteiger partial charge in [0, 0.05) is 45.3 Å². The summed E-state index contributed by atoms with van der Waals surface area (Å²) < 4.78 is 0. The van der Waals surface area contributed by atoms with Crippen molar-refractivity contribution < 1.29 is 19.5 Å². The van der Waals surface area contributed by atoms with Crippen molar-refractivity contribution in [1.82, 2.24) is 25.1 Å². The molecule has 2 atom stereocenters. The molecule has 44 heavy (non-hydrogen) atoms. The minimum Gasteiger partial charge on any atom is -0.508 e. The number of nitrogens with zero attached hydrogens (tertiary/aromatic N) is 5. The number of fused-ring (bicyclic) bond motifs is 1. The number of carbonyl (C=O) groups excluding carboxylic acids is 3. The topological polar surface area (TPSA) is 99.7 Å². The van der Waals surface area contributed by atoms with E-state index in [2.05, 4.69) is 30.1 Å². The number of aromatic hydroxyl groups is 1. The third kappa shape index (κ3) is 6.87. The minimum atomic E-state index is -0.760. The van der Waals surface area contributed by atoms with E-state index >= 15 is 0 Å². The van der Waals surface area contributed by atoms with E-state index in [0.717, 1.165) is 22.4 Å². The van der Waals surface area contributed by atoms with Crippen LogP contribution in [-0.2, 0) is 33.9 Å². The van der Waals surface area contributed by atoms with Gasteiger partial charge < -0.3 is 25.1 Å². The second-order valence-electron chi connectivity index (χ2n) is 11.9. The van der Waals surface area contributed by atoms with E-state index in [1.165, 1.54) is 0 Å². The summed E-state index contributed by atoms with van der Waals surface area (Å²) in [4.78, 5) is 46.7. The number of anilines is 1. The number of nitrogens with one attached hydrogen (secondary N) is 1. The molecule has 2 aliphatic heterocycles. The fourth-order valence-electron chi connectivity index (χ4n) is 5.97. The summed E-state index contributed by atoms with van der Waals surface area (Å²) in [6.07, 6.45) is -0.234. The molecule has 2 N–H and O–H groups in total. The molecule has 1 unspecified atom stereocenters. The van der Waals surface area contributed by atoms with Crippen LogP contribution in [-0.4, -0.2) is 94.6 Å². The Balaban J connectivity index is 1.44. The lowest BCUT2D eigenvalue weighted by Gasteiger charge is -2.54. The third-order valence-electron chi connectivity index (χ3n) is 8.58. The third-order valence-corrected chi connectivity index (χ3v) is 8.58. The first-order valence-corrected chi connectivity index (χ1v) is 15.1. The molecule has 0 bridgehead atoms. The molecule has 10 heteroatoms. The standard InChI is InChI=1S/C34H42N6O4/c1-24(2)37(4)29-13-9-8-12-27(29)20-38-22-32-39(21-31(42)35-19-26-10-6-5-7-11-26)36(3)23-33(43)40(32)30(34(38)44)18-25-14-16-28(41)17-15-25/h5-17,24,30,32,41H,18-23H2,1-4H3,(H,35,42)/t30-,32?/m0/s1. The molecule has 232 valence electrons. The normalized spacial score (nSPS) is 19.3. The summed E-state index contributed by atoms with van der Waals surface area (Å²) in [5.41, 5.74) is 3.89. The average molecular weight is 599 g/mol. The molecule has 2 fully saturated rings. The Kier molecular flexibility index (Phi) is 9.51. The van der Waals surface area contributed by atoms with Gasteiger partial charge in [-0.1, -0.05) is 60.7 Å². The molecule has 0 aliphatic carbocycles. The number of hydrogen-bond donors (Lipinski definition) is 2. The van der Waals surface area contributed by atoms with Crippen molar-refractivity contribution >= 4 is 23.4 Å². The van der Waals surface area contributed by atoms with Gasteiger partial charge in [-0.15, -0.1) is 0 Å². The minimum absolute atomic E-state index is 0.0401. The van der Waals surface area contributed by atoms with Crippen LogP contribution in [0.5, 0.6) is 5.75 Å². The Bertz CT molecular complexity index is 1460. The van der Waals surface area contributed by atoms with Crippen molar-refractivity contribution in [1.29, 1.82) is 0 Å². The smallest absolute Gasteiger partial charge is 0.246 e. The van der Waals surface area contributed by atoms with Crippen LogP contribution in [0.2, 0.25) is 0 Å². The molecule has 2 heterocycles. The van der Waals surface area contributed by atoms with Crippen LogP contribution in [0.1, 0.15) is 30.5 Å². The van der Waals surface area contributed by atoms with Gasteiger partial charge in [0.2, 0.25) is 17.7 Å². The molecule has 2 saturated heterocycles. The van der Waals surface area contributed by atoms with Crippen molar-refractivity contribution in [3.05, 3.63) is 95.6 Å². The highest BCUT2D eigenvalue weighted by Crippen LogP contribution is 2.30. The van der Waals surface area contributed by atoms with Gasteiger partial charge in [0.1, 0.15) is 18.0 Å². The number of likely N-dealkylation sites (N-methyl/N-ethyl adjacent to an activating group) is 1. The summed E-state index contributed by atoms with van der Waals surface area (Å²) in [5, 5.41) is 16.5. The molecule has 0 spiro atoms. The van der Waals surface area contributed by atoms with Crippen molar-refractivity contribution in [2.45, 2.75) is 51.6 Å². The van der Waals surface area contributed by atoms with E-state index in [4.69, 9.17) is 0 Å². The molecule has 0 saturated carbocycles. The monoisotopic (exact) mass is 598 g/mol. The van der Waals surface area contributed by atoms with E-state index in [1.807, 2.05) is 72.5 Å². The number of rotatable bonds is 10. The molecule has 3 aromatic rings. The Morgan fingerprint density at radius 3 is 2.36 bits per heavy atom. The lowest BCUT2D eigenvalue weighted by molar-refractivity contribution is -0.199. The first-order chi connectivity index (χ1) is 21.1. The van der Waals surface area contributed by atoms with E-state index in [9.17, 15) is 19.5 Å². The van der Waals surface area contributed by atoms with E-state index in [0.29, 0.717) is 19.5 Å². The van der Waals surface area contributed by atoms with Crippen LogP contribution in [0.3, 0.4) is 0 Å². The van der Waals surface area contributed by atoms with E-state index in [1.54, 1.807) is 34.2 Å². The summed E-state index contributed by atoms with van der Waals surface area (Å²) in [6.45, 7) is 5.37. The van der Waals surface area contributed by atoms with Gasteiger partial charge in [-0.3, -0.25) is 14.4 Å². The van der Waals surface area contributed by atoms with Gasteiger partial charge >= 0.3 is 0 Å². The second-order valence-corrected chi connectivity index (χ2v) is 11.9. The lowest BCUT2D eigenvalue weighted by Crippen LogP contribution is -2.75. The Morgan fingerprint density at radius 2 is 1.66 bits per heavy atom. The fraction of sp³-hybridized carbons (Fsp3) is 0.382. The van der Waals surface area contributed by atoms with Crippen LogP contribution in [0.15, 0.2) is 78.9 Å². The van der Waals surface area contributed by atoms with Gasteiger partial charge in [-0.25, -0.2) is 10.0 Å². The van der Waals surface area contributed by atoms with Crippen molar-refractivity contribution in [3.8, 4) is 5.75 Å². The van der Waals surface area contributed by atoms with Gasteiger partial charge in [-0.2, -0.15) is 0 Å². The maximum Gasteiger partial charge on any atom is 0.246 e. The molecule has 0 radical (unpaired) electrons. The van der Waals surface area contributed by atoms with Gasteiger partial charge in [0.25, 0.3) is 0 Å².